The van der Waals surface area contributed by atoms with Crippen molar-refractivity contribution in [3.8, 4) is 0 Å². The first-order valence-electron chi connectivity index (χ1n) is 8.75. The van der Waals surface area contributed by atoms with E-state index in [1.807, 2.05) is 19.1 Å². The molecule has 0 bridgehead atoms. The molecule has 0 spiro atoms. The number of piperidine rings is 1. The lowest BCUT2D eigenvalue weighted by atomic mass is 10.0. The fraction of sp³-hybridized carbons (Fsp3) is 0.611. The van der Waals surface area contributed by atoms with Gasteiger partial charge in [-0.15, -0.1) is 0 Å². The van der Waals surface area contributed by atoms with Crippen molar-refractivity contribution < 1.29 is 14.3 Å². The molecular formula is C18H28FN3O2. The Morgan fingerprint density at radius 1 is 1.29 bits per heavy atom. The van der Waals surface area contributed by atoms with E-state index in [-0.39, 0.29) is 24.5 Å². The molecule has 0 radical (unpaired) electrons. The van der Waals surface area contributed by atoms with Crippen LogP contribution < -0.4 is 5.32 Å². The van der Waals surface area contributed by atoms with Gasteiger partial charge in [0.1, 0.15) is 5.82 Å². The zero-order chi connectivity index (χ0) is 17.4. The summed E-state index contributed by atoms with van der Waals surface area (Å²) in [6.07, 6.45) is 2.70. The highest BCUT2D eigenvalue weighted by Gasteiger charge is 2.22. The van der Waals surface area contributed by atoms with Crippen LogP contribution in [0, 0.1) is 5.82 Å². The molecule has 1 aromatic rings. The summed E-state index contributed by atoms with van der Waals surface area (Å²) < 4.78 is 12.9. The molecule has 0 aromatic heterocycles. The third kappa shape index (κ3) is 5.76. The summed E-state index contributed by atoms with van der Waals surface area (Å²) >= 11 is 0. The zero-order valence-corrected chi connectivity index (χ0v) is 14.4. The minimum absolute atomic E-state index is 0.0104. The van der Waals surface area contributed by atoms with Crippen molar-refractivity contribution in [2.24, 2.45) is 0 Å². The Hall–Kier alpha value is -1.66. The van der Waals surface area contributed by atoms with Crippen molar-refractivity contribution in [2.45, 2.75) is 38.8 Å². The number of nitrogens with zero attached hydrogens (tertiary/aromatic N) is 2. The van der Waals surface area contributed by atoms with Crippen LogP contribution in [-0.4, -0.2) is 59.8 Å². The number of hydrogen-bond donors (Lipinski definition) is 2. The minimum Gasteiger partial charge on any atom is -0.395 e. The summed E-state index contributed by atoms with van der Waals surface area (Å²) in [5.41, 5.74) is 1.11. The van der Waals surface area contributed by atoms with Gasteiger partial charge in [0.05, 0.1) is 6.61 Å². The molecule has 1 heterocycles. The highest BCUT2D eigenvalue weighted by molar-refractivity contribution is 5.74. The van der Waals surface area contributed by atoms with Gasteiger partial charge in [0.15, 0.2) is 0 Å². The van der Waals surface area contributed by atoms with Gasteiger partial charge in [-0.25, -0.2) is 9.18 Å². The molecule has 0 unspecified atom stereocenters. The number of aliphatic hydroxyl groups is 1. The van der Waals surface area contributed by atoms with E-state index in [2.05, 4.69) is 10.2 Å². The minimum atomic E-state index is -0.209. The summed E-state index contributed by atoms with van der Waals surface area (Å²) in [7, 11) is 0. The van der Waals surface area contributed by atoms with Gasteiger partial charge >= 0.3 is 6.03 Å². The molecule has 1 aliphatic rings. The number of hydrogen-bond acceptors (Lipinski definition) is 3. The Morgan fingerprint density at radius 2 is 1.96 bits per heavy atom. The standard InChI is InChI=1S/C18H28FN3O2/c1-2-9-22(12-13-23)18(24)20-17-7-10-21(11-8-17)14-15-3-5-16(19)6-4-15/h3-6,17,23H,2,7-14H2,1H3,(H,20,24). The predicted molar refractivity (Wildman–Crippen MR) is 92.2 cm³/mol. The second-order valence-electron chi connectivity index (χ2n) is 6.34. The van der Waals surface area contributed by atoms with Crippen molar-refractivity contribution >= 4 is 6.03 Å². The number of nitrogens with one attached hydrogen (secondary N) is 1. The molecule has 0 saturated carbocycles. The first kappa shape index (κ1) is 18.7. The molecule has 2 amide bonds. The van der Waals surface area contributed by atoms with Crippen molar-refractivity contribution in [2.75, 3.05) is 32.8 Å². The van der Waals surface area contributed by atoms with Crippen LogP contribution in [0.3, 0.4) is 0 Å². The Kier molecular flexibility index (Phi) is 7.46. The number of rotatable bonds is 7. The molecule has 1 saturated heterocycles. The molecular weight excluding hydrogens is 309 g/mol. The van der Waals surface area contributed by atoms with Crippen LogP contribution in [-0.2, 0) is 6.54 Å². The van der Waals surface area contributed by atoms with E-state index in [1.165, 1.54) is 12.1 Å². The van der Waals surface area contributed by atoms with E-state index < -0.39 is 0 Å². The Morgan fingerprint density at radius 3 is 2.54 bits per heavy atom. The third-order valence-electron chi connectivity index (χ3n) is 4.39. The molecule has 6 heteroatoms. The van der Waals surface area contributed by atoms with Crippen molar-refractivity contribution in [3.63, 3.8) is 0 Å². The van der Waals surface area contributed by atoms with E-state index >= 15 is 0 Å². The van der Waals surface area contributed by atoms with Gasteiger partial charge in [-0.2, -0.15) is 0 Å². The maximum Gasteiger partial charge on any atom is 0.317 e. The van der Waals surface area contributed by atoms with Crippen LogP contribution in [0.15, 0.2) is 24.3 Å². The van der Waals surface area contributed by atoms with Crippen molar-refractivity contribution in [1.29, 1.82) is 0 Å². The van der Waals surface area contributed by atoms with Crippen LogP contribution in [0.1, 0.15) is 31.7 Å². The Balaban J connectivity index is 1.75. The number of amides is 2. The van der Waals surface area contributed by atoms with Gasteiger partial charge in [-0.1, -0.05) is 19.1 Å². The summed E-state index contributed by atoms with van der Waals surface area (Å²) in [6.45, 7) is 5.69. The van der Waals surface area contributed by atoms with Crippen molar-refractivity contribution in [3.05, 3.63) is 35.6 Å². The first-order chi connectivity index (χ1) is 11.6. The number of aliphatic hydroxyl groups excluding tert-OH is 1. The van der Waals surface area contributed by atoms with Gasteiger partial charge in [0, 0.05) is 38.8 Å². The third-order valence-corrected chi connectivity index (χ3v) is 4.39. The lowest BCUT2D eigenvalue weighted by molar-refractivity contribution is 0.158. The Bertz CT molecular complexity index is 495. The van der Waals surface area contributed by atoms with E-state index in [9.17, 15) is 9.18 Å². The zero-order valence-electron chi connectivity index (χ0n) is 14.4. The van der Waals surface area contributed by atoms with E-state index in [0.29, 0.717) is 13.1 Å². The number of carbonyl (C=O) groups excluding carboxylic acids is 1. The smallest absolute Gasteiger partial charge is 0.317 e. The van der Waals surface area contributed by atoms with E-state index in [4.69, 9.17) is 5.11 Å². The number of benzene rings is 1. The molecule has 5 nitrogen and oxygen atoms in total. The number of likely N-dealkylation sites (tertiary alicyclic amines) is 1. The molecule has 134 valence electrons. The average Bonchev–Trinajstić information content (AvgIpc) is 2.58. The molecule has 1 aromatic carbocycles. The van der Waals surface area contributed by atoms with Crippen LogP contribution in [0.4, 0.5) is 9.18 Å². The average molecular weight is 337 g/mol. The van der Waals surface area contributed by atoms with Crippen LogP contribution in [0.2, 0.25) is 0 Å². The predicted octanol–water partition coefficient (Wildman–Crippen LogP) is 2.20. The van der Waals surface area contributed by atoms with Crippen molar-refractivity contribution in [1.82, 2.24) is 15.1 Å². The highest BCUT2D eigenvalue weighted by atomic mass is 19.1. The lowest BCUT2D eigenvalue weighted by Crippen LogP contribution is -2.49. The normalized spacial score (nSPS) is 16.1. The van der Waals surface area contributed by atoms with Gasteiger partial charge in [0.2, 0.25) is 0 Å². The van der Waals surface area contributed by atoms with Gasteiger partial charge < -0.3 is 15.3 Å². The molecule has 0 aliphatic carbocycles. The molecule has 24 heavy (non-hydrogen) atoms. The first-order valence-corrected chi connectivity index (χ1v) is 8.75. The molecule has 1 aliphatic heterocycles. The number of carbonyl (C=O) groups is 1. The van der Waals surface area contributed by atoms with E-state index in [1.54, 1.807) is 4.90 Å². The maximum absolute atomic E-state index is 12.9. The maximum atomic E-state index is 12.9. The van der Waals surface area contributed by atoms with E-state index in [0.717, 1.165) is 44.5 Å². The number of halogens is 1. The topological polar surface area (TPSA) is 55.8 Å². The highest BCUT2D eigenvalue weighted by Crippen LogP contribution is 2.14. The SMILES string of the molecule is CCCN(CCO)C(=O)NC1CCN(Cc2ccc(F)cc2)CC1. The second-order valence-corrected chi connectivity index (χ2v) is 6.34. The van der Waals surface area contributed by atoms with Gasteiger partial charge in [-0.05, 0) is 37.0 Å². The van der Waals surface area contributed by atoms with Gasteiger partial charge in [-0.3, -0.25) is 4.90 Å². The summed E-state index contributed by atoms with van der Waals surface area (Å²) in [5.74, 6) is -0.209. The molecule has 2 N–H and O–H groups in total. The number of urea groups is 1. The second kappa shape index (κ2) is 9.59. The molecule has 2 rings (SSSR count). The van der Waals surface area contributed by atoms with Gasteiger partial charge in [0.25, 0.3) is 0 Å². The van der Waals surface area contributed by atoms with Crippen LogP contribution in [0.25, 0.3) is 0 Å². The monoisotopic (exact) mass is 337 g/mol. The largest absolute Gasteiger partial charge is 0.395 e. The molecule has 0 atom stereocenters. The lowest BCUT2D eigenvalue weighted by Gasteiger charge is -2.33. The summed E-state index contributed by atoms with van der Waals surface area (Å²) in [5, 5.41) is 12.1. The fourth-order valence-electron chi connectivity index (χ4n) is 3.05. The quantitative estimate of drug-likeness (QED) is 0.802. The summed E-state index contributed by atoms with van der Waals surface area (Å²) in [4.78, 5) is 16.2. The van der Waals surface area contributed by atoms with Crippen LogP contribution >= 0.6 is 0 Å². The summed E-state index contributed by atoms with van der Waals surface area (Å²) in [6, 6.07) is 6.72. The molecule has 1 fully saturated rings. The fourth-order valence-corrected chi connectivity index (χ4v) is 3.05. The van der Waals surface area contributed by atoms with Crippen LogP contribution in [0.5, 0.6) is 0 Å². The Labute approximate surface area is 143 Å².